The predicted molar refractivity (Wildman–Crippen MR) is 43.7 cm³/mol. The van der Waals surface area contributed by atoms with E-state index in [4.69, 9.17) is 5.73 Å². The molecule has 0 aliphatic heterocycles. The summed E-state index contributed by atoms with van der Waals surface area (Å²) >= 11 is 0. The van der Waals surface area contributed by atoms with E-state index in [9.17, 15) is 13.2 Å². The van der Waals surface area contributed by atoms with Crippen LogP contribution in [0.1, 0.15) is 5.69 Å². The van der Waals surface area contributed by atoms with Crippen molar-refractivity contribution in [3.63, 3.8) is 0 Å². The van der Waals surface area contributed by atoms with Crippen LogP contribution in [0.15, 0.2) is 24.9 Å². The van der Waals surface area contributed by atoms with Gasteiger partial charge in [-0.15, -0.1) is 0 Å². The Hall–Kier alpha value is -1.52. The third kappa shape index (κ3) is 2.21. The Morgan fingerprint density at radius 3 is 2.38 bits per heavy atom. The van der Waals surface area contributed by atoms with Crippen molar-refractivity contribution in [2.45, 2.75) is 6.18 Å². The van der Waals surface area contributed by atoms with Gasteiger partial charge in [-0.1, -0.05) is 6.58 Å². The van der Waals surface area contributed by atoms with Crippen LogP contribution < -0.4 is 5.73 Å². The van der Waals surface area contributed by atoms with Crippen LogP contribution in [-0.2, 0) is 0 Å². The lowest BCUT2D eigenvalue weighted by Crippen LogP contribution is -2.10. The van der Waals surface area contributed by atoms with Crippen molar-refractivity contribution < 1.29 is 13.2 Å². The summed E-state index contributed by atoms with van der Waals surface area (Å²) in [6, 6.07) is 2.53. The van der Waals surface area contributed by atoms with Gasteiger partial charge >= 0.3 is 6.18 Å². The first-order valence-corrected chi connectivity index (χ1v) is 3.39. The minimum atomic E-state index is -4.44. The highest BCUT2D eigenvalue weighted by atomic mass is 19.4. The first-order valence-electron chi connectivity index (χ1n) is 3.39. The Morgan fingerprint density at radius 1 is 1.38 bits per heavy atom. The van der Waals surface area contributed by atoms with E-state index in [1.165, 1.54) is 12.1 Å². The van der Waals surface area contributed by atoms with Gasteiger partial charge in [-0.05, 0) is 12.1 Å². The minimum absolute atomic E-state index is 0.207. The Bertz CT molecular complexity index is 313. The lowest BCUT2D eigenvalue weighted by Gasteiger charge is -2.08. The number of pyridine rings is 1. The van der Waals surface area contributed by atoms with E-state index >= 15 is 0 Å². The largest absolute Gasteiger partial charge is 0.417 e. The maximum atomic E-state index is 12.1. The highest BCUT2D eigenvalue weighted by molar-refractivity contribution is 5.65. The molecule has 5 heteroatoms. The molecule has 0 saturated carbocycles. The van der Waals surface area contributed by atoms with E-state index < -0.39 is 11.7 Å². The molecule has 0 spiro atoms. The van der Waals surface area contributed by atoms with Gasteiger partial charge < -0.3 is 5.73 Å². The molecule has 1 heterocycles. The molecule has 1 aromatic heterocycles. The third-order valence-corrected chi connectivity index (χ3v) is 1.44. The second-order valence-electron chi connectivity index (χ2n) is 2.45. The molecule has 0 atom stereocenters. The number of allylic oxidation sites excluding steroid dienone is 1. The fourth-order valence-electron chi connectivity index (χ4n) is 0.729. The molecular weight excluding hydrogens is 181 g/mol. The standard InChI is InChI=1S/C8H7F3N2/c1-5(8(9,10)11)7-3-2-6(12)4-13-7/h2-4H,1,12H2. The Morgan fingerprint density at radius 2 is 2.00 bits per heavy atom. The van der Waals surface area contributed by atoms with Crippen LogP contribution in [0.3, 0.4) is 0 Å². The SMILES string of the molecule is C=C(c1ccc(N)cn1)C(F)(F)F. The Balaban J connectivity index is 2.97. The molecule has 0 bridgehead atoms. The average Bonchev–Trinajstić information content (AvgIpc) is 2.03. The van der Waals surface area contributed by atoms with Gasteiger partial charge in [0, 0.05) is 0 Å². The molecule has 1 rings (SSSR count). The second kappa shape index (κ2) is 3.08. The molecule has 0 saturated heterocycles. The summed E-state index contributed by atoms with van der Waals surface area (Å²) in [6.07, 6.45) is -3.28. The fraction of sp³-hybridized carbons (Fsp3) is 0.125. The zero-order valence-electron chi connectivity index (χ0n) is 6.60. The summed E-state index contributed by atoms with van der Waals surface area (Å²) in [5.41, 5.74) is 4.41. The number of alkyl halides is 3. The van der Waals surface area contributed by atoms with Gasteiger partial charge in [0.15, 0.2) is 0 Å². The quantitative estimate of drug-likeness (QED) is 0.733. The van der Waals surface area contributed by atoms with E-state index in [2.05, 4.69) is 11.6 Å². The number of nitrogens with zero attached hydrogens (tertiary/aromatic N) is 1. The van der Waals surface area contributed by atoms with Crippen molar-refractivity contribution in [2.24, 2.45) is 0 Å². The van der Waals surface area contributed by atoms with Gasteiger partial charge in [-0.2, -0.15) is 13.2 Å². The minimum Gasteiger partial charge on any atom is -0.397 e. The van der Waals surface area contributed by atoms with E-state index in [1.807, 2.05) is 0 Å². The van der Waals surface area contributed by atoms with E-state index in [-0.39, 0.29) is 5.69 Å². The van der Waals surface area contributed by atoms with Gasteiger partial charge in [0.1, 0.15) is 0 Å². The molecule has 70 valence electrons. The summed E-state index contributed by atoms with van der Waals surface area (Å²) in [5.74, 6) is 0. The molecular formula is C8H7F3N2. The van der Waals surface area contributed by atoms with Crippen LogP contribution in [0.2, 0.25) is 0 Å². The van der Waals surface area contributed by atoms with Gasteiger partial charge in [-0.25, -0.2) is 0 Å². The van der Waals surface area contributed by atoms with Crippen molar-refractivity contribution in [2.75, 3.05) is 5.73 Å². The molecule has 0 unspecified atom stereocenters. The molecule has 2 N–H and O–H groups in total. The maximum absolute atomic E-state index is 12.1. The van der Waals surface area contributed by atoms with E-state index in [0.717, 1.165) is 6.20 Å². The molecule has 0 aliphatic carbocycles. The van der Waals surface area contributed by atoms with Crippen LogP contribution >= 0.6 is 0 Å². The van der Waals surface area contributed by atoms with Gasteiger partial charge in [0.05, 0.1) is 23.2 Å². The summed E-state index contributed by atoms with van der Waals surface area (Å²) in [4.78, 5) is 3.50. The highest BCUT2D eigenvalue weighted by Gasteiger charge is 2.33. The lowest BCUT2D eigenvalue weighted by molar-refractivity contribution is -0.0688. The van der Waals surface area contributed by atoms with Crippen LogP contribution in [0.25, 0.3) is 5.57 Å². The van der Waals surface area contributed by atoms with Crippen molar-refractivity contribution in [3.8, 4) is 0 Å². The second-order valence-corrected chi connectivity index (χ2v) is 2.45. The van der Waals surface area contributed by atoms with Crippen molar-refractivity contribution >= 4 is 11.3 Å². The molecule has 0 radical (unpaired) electrons. The van der Waals surface area contributed by atoms with Crippen LogP contribution in [0.5, 0.6) is 0 Å². The van der Waals surface area contributed by atoms with E-state index in [1.54, 1.807) is 0 Å². The molecule has 1 aromatic rings. The van der Waals surface area contributed by atoms with E-state index in [0.29, 0.717) is 5.69 Å². The zero-order valence-corrected chi connectivity index (χ0v) is 6.60. The summed E-state index contributed by atoms with van der Waals surface area (Å²) in [5, 5.41) is 0. The number of hydrogen-bond acceptors (Lipinski definition) is 2. The number of halogens is 3. The van der Waals surface area contributed by atoms with Gasteiger partial charge in [0.25, 0.3) is 0 Å². The number of nitrogens with two attached hydrogens (primary N) is 1. The lowest BCUT2D eigenvalue weighted by atomic mass is 10.2. The van der Waals surface area contributed by atoms with Gasteiger partial charge in [-0.3, -0.25) is 4.98 Å². The first kappa shape index (κ1) is 9.57. The first-order chi connectivity index (χ1) is 5.91. The maximum Gasteiger partial charge on any atom is 0.417 e. The van der Waals surface area contributed by atoms with Crippen molar-refractivity contribution in [1.29, 1.82) is 0 Å². The number of hydrogen-bond donors (Lipinski definition) is 1. The summed E-state index contributed by atoms with van der Waals surface area (Å²) in [7, 11) is 0. The smallest absolute Gasteiger partial charge is 0.397 e. The number of aromatic nitrogens is 1. The zero-order chi connectivity index (χ0) is 10.1. The average molecular weight is 188 g/mol. The number of nitrogen functional groups attached to an aromatic ring is 1. The molecule has 0 amide bonds. The van der Waals surface area contributed by atoms with Gasteiger partial charge in [0.2, 0.25) is 0 Å². The van der Waals surface area contributed by atoms with Crippen LogP contribution in [0.4, 0.5) is 18.9 Å². The monoisotopic (exact) mass is 188 g/mol. The molecule has 0 aromatic carbocycles. The Kier molecular flexibility index (Phi) is 2.27. The highest BCUT2D eigenvalue weighted by Crippen LogP contribution is 2.30. The Labute approximate surface area is 72.9 Å². The number of rotatable bonds is 1. The fourth-order valence-corrected chi connectivity index (χ4v) is 0.729. The summed E-state index contributed by atoms with van der Waals surface area (Å²) < 4.78 is 36.2. The third-order valence-electron chi connectivity index (χ3n) is 1.44. The molecule has 2 nitrogen and oxygen atoms in total. The summed E-state index contributed by atoms with van der Waals surface area (Å²) in [6.45, 7) is 2.90. The molecule has 0 fully saturated rings. The molecule has 0 aliphatic rings. The molecule has 13 heavy (non-hydrogen) atoms. The van der Waals surface area contributed by atoms with Crippen LogP contribution in [-0.4, -0.2) is 11.2 Å². The normalized spacial score (nSPS) is 11.3. The van der Waals surface area contributed by atoms with Crippen LogP contribution in [0, 0.1) is 0 Å². The van der Waals surface area contributed by atoms with Crippen molar-refractivity contribution in [3.05, 3.63) is 30.6 Å². The van der Waals surface area contributed by atoms with Crippen molar-refractivity contribution in [1.82, 2.24) is 4.98 Å². The number of anilines is 1. The predicted octanol–water partition coefficient (Wildman–Crippen LogP) is 2.24. The topological polar surface area (TPSA) is 38.9 Å².